The molecule has 2 unspecified atom stereocenters. The van der Waals surface area contributed by atoms with Crippen molar-refractivity contribution in [3.63, 3.8) is 0 Å². The molecule has 24 heavy (non-hydrogen) atoms. The van der Waals surface area contributed by atoms with Gasteiger partial charge in [0.25, 0.3) is 0 Å². The fourth-order valence-electron chi connectivity index (χ4n) is 5.91. The van der Waals surface area contributed by atoms with Crippen LogP contribution in [0.5, 0.6) is 0 Å². The van der Waals surface area contributed by atoms with E-state index >= 15 is 0 Å². The number of Topliss-reactive ketones (excluding diaryl/α,β-unsaturated/α-hetero) is 1. The lowest BCUT2D eigenvalue weighted by Crippen LogP contribution is -2.86. The first kappa shape index (κ1) is 17.0. The van der Waals surface area contributed by atoms with E-state index in [0.29, 0.717) is 5.78 Å². The molecule has 0 saturated carbocycles. The van der Waals surface area contributed by atoms with Crippen LogP contribution in [0.25, 0.3) is 0 Å². The molecule has 0 radical (unpaired) electrons. The summed E-state index contributed by atoms with van der Waals surface area (Å²) in [5, 5.41) is 7.59. The monoisotopic (exact) mass is 334 g/mol. The predicted molar refractivity (Wildman–Crippen MR) is 95.7 cm³/mol. The highest BCUT2D eigenvalue weighted by Crippen LogP contribution is 2.49. The normalized spacial score (nSPS) is 41.3. The molecule has 0 spiro atoms. The Morgan fingerprint density at radius 3 is 1.88 bits per heavy atom. The van der Waals surface area contributed by atoms with E-state index in [4.69, 9.17) is 0 Å². The quantitative estimate of drug-likeness (QED) is 0.799. The van der Waals surface area contributed by atoms with Crippen LogP contribution < -0.4 is 10.6 Å². The number of hydrogen-bond acceptors (Lipinski definition) is 5. The minimum Gasteiger partial charge on any atom is -0.315 e. The standard InChI is InChI=1S/C19H34N4O/c1-17-13-20-15-18(2,16(17)24)19(21-14-17,22-9-5-3-6-10-22)23-11-7-4-8-12-23/h20-21H,3-15H2,1-2H3. The average molecular weight is 335 g/mol. The zero-order chi connectivity index (χ0) is 16.8. The first-order valence-electron chi connectivity index (χ1n) is 10.0. The molecule has 2 N–H and O–H groups in total. The van der Waals surface area contributed by atoms with Crippen molar-refractivity contribution in [3.05, 3.63) is 0 Å². The van der Waals surface area contributed by atoms with Crippen molar-refractivity contribution >= 4 is 5.78 Å². The van der Waals surface area contributed by atoms with E-state index in [0.717, 1.165) is 45.8 Å². The van der Waals surface area contributed by atoms with E-state index in [1.807, 2.05) is 0 Å². The molecule has 0 amide bonds. The second-order valence-corrected chi connectivity index (χ2v) is 8.95. The zero-order valence-electron chi connectivity index (χ0n) is 15.5. The van der Waals surface area contributed by atoms with E-state index < -0.39 is 0 Å². The third-order valence-corrected chi connectivity index (χ3v) is 7.16. The van der Waals surface area contributed by atoms with Gasteiger partial charge in [-0.1, -0.05) is 19.8 Å². The molecular formula is C19H34N4O. The Labute approximate surface area is 146 Å². The van der Waals surface area contributed by atoms with Crippen LogP contribution in [-0.2, 0) is 4.79 Å². The molecule has 5 heteroatoms. The molecule has 4 aliphatic heterocycles. The number of hydrogen-bond donors (Lipinski definition) is 2. The Morgan fingerprint density at radius 2 is 1.33 bits per heavy atom. The van der Waals surface area contributed by atoms with Crippen molar-refractivity contribution in [2.24, 2.45) is 10.8 Å². The van der Waals surface area contributed by atoms with Gasteiger partial charge in [0, 0.05) is 45.8 Å². The Hall–Kier alpha value is -0.490. The third kappa shape index (κ3) is 2.24. The molecule has 4 heterocycles. The van der Waals surface area contributed by atoms with E-state index in [1.54, 1.807) is 0 Å². The van der Waals surface area contributed by atoms with E-state index in [9.17, 15) is 4.79 Å². The highest BCUT2D eigenvalue weighted by atomic mass is 16.1. The summed E-state index contributed by atoms with van der Waals surface area (Å²) in [5.74, 6) is 0.182. The van der Waals surface area contributed by atoms with Gasteiger partial charge in [-0.05, 0) is 32.6 Å². The second-order valence-electron chi connectivity index (χ2n) is 8.95. The van der Waals surface area contributed by atoms with Gasteiger partial charge in [0.05, 0.1) is 10.8 Å². The average Bonchev–Trinajstić information content (AvgIpc) is 2.61. The molecule has 4 rings (SSSR count). The molecular weight excluding hydrogens is 300 g/mol. The summed E-state index contributed by atoms with van der Waals surface area (Å²) in [5.41, 5.74) is -0.644. The number of nitrogens with one attached hydrogen (secondary N) is 2. The topological polar surface area (TPSA) is 47.6 Å². The maximum absolute atomic E-state index is 13.6. The molecule has 0 aromatic carbocycles. The zero-order valence-corrected chi connectivity index (χ0v) is 15.5. The van der Waals surface area contributed by atoms with Gasteiger partial charge in [0.15, 0.2) is 5.78 Å². The molecule has 2 bridgehead atoms. The Morgan fingerprint density at radius 1 is 0.792 bits per heavy atom. The first-order chi connectivity index (χ1) is 11.5. The first-order valence-corrected chi connectivity index (χ1v) is 10.0. The molecule has 4 aliphatic rings. The molecule has 2 atom stereocenters. The molecule has 4 saturated heterocycles. The van der Waals surface area contributed by atoms with Gasteiger partial charge in [-0.2, -0.15) is 0 Å². The number of carbonyl (C=O) groups is 1. The fourth-order valence-corrected chi connectivity index (χ4v) is 5.91. The van der Waals surface area contributed by atoms with Crippen LogP contribution >= 0.6 is 0 Å². The third-order valence-electron chi connectivity index (χ3n) is 7.16. The van der Waals surface area contributed by atoms with Crippen LogP contribution in [0.2, 0.25) is 0 Å². The van der Waals surface area contributed by atoms with E-state index in [1.165, 1.54) is 38.5 Å². The van der Waals surface area contributed by atoms with Crippen molar-refractivity contribution < 1.29 is 4.79 Å². The number of ketones is 1. The number of fused-ring (bicyclic) bond motifs is 2. The van der Waals surface area contributed by atoms with Crippen LogP contribution in [0, 0.1) is 10.8 Å². The Bertz CT molecular complexity index is 480. The molecule has 0 aliphatic carbocycles. The highest BCUT2D eigenvalue weighted by Gasteiger charge is 2.67. The Kier molecular flexibility index (Phi) is 4.27. The molecule has 5 nitrogen and oxygen atoms in total. The summed E-state index contributed by atoms with van der Waals surface area (Å²) in [6, 6.07) is 0. The summed E-state index contributed by atoms with van der Waals surface area (Å²) >= 11 is 0. The highest BCUT2D eigenvalue weighted by molar-refractivity contribution is 5.93. The van der Waals surface area contributed by atoms with Gasteiger partial charge in [0.1, 0.15) is 5.79 Å². The van der Waals surface area contributed by atoms with Crippen molar-refractivity contribution in [2.45, 2.75) is 58.2 Å². The van der Waals surface area contributed by atoms with Gasteiger partial charge in [-0.25, -0.2) is 0 Å². The van der Waals surface area contributed by atoms with Crippen molar-refractivity contribution in [1.29, 1.82) is 0 Å². The lowest BCUT2D eigenvalue weighted by molar-refractivity contribution is -0.212. The molecule has 0 aromatic rings. The van der Waals surface area contributed by atoms with Crippen LogP contribution in [0.3, 0.4) is 0 Å². The van der Waals surface area contributed by atoms with Gasteiger partial charge < -0.3 is 5.32 Å². The maximum atomic E-state index is 13.6. The minimum atomic E-state index is -0.382. The van der Waals surface area contributed by atoms with Crippen LogP contribution in [-0.4, -0.2) is 67.2 Å². The Balaban J connectivity index is 1.78. The lowest BCUT2D eigenvalue weighted by atomic mass is 9.60. The lowest BCUT2D eigenvalue weighted by Gasteiger charge is -2.66. The van der Waals surface area contributed by atoms with Crippen LogP contribution in [0.1, 0.15) is 52.4 Å². The summed E-state index contributed by atoms with van der Waals surface area (Å²) in [6.07, 6.45) is 7.68. The summed E-state index contributed by atoms with van der Waals surface area (Å²) < 4.78 is 0. The number of rotatable bonds is 2. The van der Waals surface area contributed by atoms with Crippen molar-refractivity contribution in [1.82, 2.24) is 20.4 Å². The fraction of sp³-hybridized carbons (Fsp3) is 0.947. The second kappa shape index (κ2) is 6.04. The maximum Gasteiger partial charge on any atom is 0.153 e. The van der Waals surface area contributed by atoms with Gasteiger partial charge in [-0.3, -0.25) is 19.9 Å². The van der Waals surface area contributed by atoms with E-state index in [-0.39, 0.29) is 16.6 Å². The molecule has 4 fully saturated rings. The molecule has 0 aromatic heterocycles. The summed E-state index contributed by atoms with van der Waals surface area (Å²) in [7, 11) is 0. The minimum absolute atomic E-state index is 0.262. The van der Waals surface area contributed by atoms with Crippen LogP contribution in [0.15, 0.2) is 0 Å². The number of piperidine rings is 4. The number of nitrogens with zero attached hydrogens (tertiary/aromatic N) is 2. The van der Waals surface area contributed by atoms with Crippen molar-refractivity contribution in [3.8, 4) is 0 Å². The molecule has 136 valence electrons. The SMILES string of the molecule is CC12CNCC(C)(C1=O)C(N1CCCCC1)(N1CCCCC1)NC2. The number of likely N-dealkylation sites (tertiary alicyclic amines) is 2. The largest absolute Gasteiger partial charge is 0.315 e. The van der Waals surface area contributed by atoms with Crippen LogP contribution in [0.4, 0.5) is 0 Å². The van der Waals surface area contributed by atoms with Gasteiger partial charge in [0.2, 0.25) is 0 Å². The van der Waals surface area contributed by atoms with Crippen molar-refractivity contribution in [2.75, 3.05) is 45.8 Å². The van der Waals surface area contributed by atoms with Gasteiger partial charge in [-0.15, -0.1) is 0 Å². The van der Waals surface area contributed by atoms with Gasteiger partial charge >= 0.3 is 0 Å². The smallest absolute Gasteiger partial charge is 0.153 e. The summed E-state index contributed by atoms with van der Waals surface area (Å²) in [4.78, 5) is 18.9. The predicted octanol–water partition coefficient (Wildman–Crippen LogP) is 1.40. The van der Waals surface area contributed by atoms with E-state index in [2.05, 4.69) is 34.3 Å². The summed E-state index contributed by atoms with van der Waals surface area (Å²) in [6.45, 7) is 11.2. The number of carbonyl (C=O) groups excluding carboxylic acids is 1.